The minimum absolute atomic E-state index is 0.00473. The number of carboxylic acids is 2. The summed E-state index contributed by atoms with van der Waals surface area (Å²) in [6.45, 7) is 2.01. The summed E-state index contributed by atoms with van der Waals surface area (Å²) in [6.07, 6.45) is 1.93. The summed E-state index contributed by atoms with van der Waals surface area (Å²) in [5.41, 5.74) is 0. The Kier molecular flexibility index (Phi) is 11.2. The molecule has 0 bridgehead atoms. The molecular formula is C15H27N3O6. The quantitative estimate of drug-likeness (QED) is 0.288. The van der Waals surface area contributed by atoms with Crippen LogP contribution in [-0.4, -0.2) is 59.6 Å². The van der Waals surface area contributed by atoms with Gasteiger partial charge in [0.15, 0.2) is 0 Å². The van der Waals surface area contributed by atoms with Crippen molar-refractivity contribution >= 4 is 23.8 Å². The Bertz CT molecular complexity index is 441. The first kappa shape index (κ1) is 21.8. The fraction of sp³-hybridized carbons (Fsp3) is 0.733. The Morgan fingerprint density at radius 1 is 0.917 bits per heavy atom. The van der Waals surface area contributed by atoms with Gasteiger partial charge in [-0.25, -0.2) is 4.79 Å². The molecule has 0 heterocycles. The summed E-state index contributed by atoms with van der Waals surface area (Å²) in [5, 5.41) is 25.5. The molecule has 0 aliphatic rings. The first-order chi connectivity index (χ1) is 11.3. The summed E-state index contributed by atoms with van der Waals surface area (Å²) in [7, 11) is 1.58. The molecule has 0 unspecified atom stereocenters. The van der Waals surface area contributed by atoms with E-state index in [1.165, 1.54) is 0 Å². The average molecular weight is 345 g/mol. The van der Waals surface area contributed by atoms with Crippen molar-refractivity contribution in [1.29, 1.82) is 0 Å². The van der Waals surface area contributed by atoms with E-state index in [2.05, 4.69) is 16.0 Å². The number of carboxylic acid groups (broad SMARTS) is 2. The molecule has 0 spiro atoms. The highest BCUT2D eigenvalue weighted by molar-refractivity contribution is 5.84. The predicted molar refractivity (Wildman–Crippen MR) is 86.4 cm³/mol. The lowest BCUT2D eigenvalue weighted by Gasteiger charge is -2.14. The molecule has 0 fully saturated rings. The Labute approximate surface area is 141 Å². The number of aliphatic carboxylic acids is 2. The van der Waals surface area contributed by atoms with Gasteiger partial charge in [0.1, 0.15) is 12.1 Å². The number of rotatable bonds is 13. The van der Waals surface area contributed by atoms with Crippen LogP contribution in [0.4, 0.5) is 0 Å². The number of hydrogen-bond acceptors (Lipinski definition) is 5. The fourth-order valence-electron chi connectivity index (χ4n) is 2.01. The summed E-state index contributed by atoms with van der Waals surface area (Å²) in [6, 6.07) is -1.67. The molecule has 9 nitrogen and oxygen atoms in total. The highest BCUT2D eigenvalue weighted by Gasteiger charge is 2.20. The Morgan fingerprint density at radius 3 is 2.04 bits per heavy atom. The van der Waals surface area contributed by atoms with Gasteiger partial charge in [0, 0.05) is 19.4 Å². The molecular weight excluding hydrogens is 318 g/mol. The van der Waals surface area contributed by atoms with Crippen molar-refractivity contribution in [3.8, 4) is 0 Å². The lowest BCUT2D eigenvalue weighted by Crippen LogP contribution is -2.41. The highest BCUT2D eigenvalue weighted by Crippen LogP contribution is 2.02. The Morgan fingerprint density at radius 2 is 1.54 bits per heavy atom. The van der Waals surface area contributed by atoms with Crippen molar-refractivity contribution in [2.45, 2.75) is 57.5 Å². The van der Waals surface area contributed by atoms with Crippen LogP contribution in [0.2, 0.25) is 0 Å². The first-order valence-corrected chi connectivity index (χ1v) is 8.00. The molecule has 2 atom stereocenters. The van der Waals surface area contributed by atoms with E-state index in [1.807, 2.05) is 0 Å². The zero-order chi connectivity index (χ0) is 18.5. The van der Waals surface area contributed by atoms with E-state index < -0.39 is 24.0 Å². The maximum Gasteiger partial charge on any atom is 0.326 e. The van der Waals surface area contributed by atoms with Gasteiger partial charge in [-0.3, -0.25) is 14.4 Å². The van der Waals surface area contributed by atoms with Gasteiger partial charge in [0.25, 0.3) is 0 Å². The summed E-state index contributed by atoms with van der Waals surface area (Å²) in [5.74, 6) is -2.75. The Balaban J connectivity index is 3.94. The van der Waals surface area contributed by atoms with Crippen LogP contribution in [-0.2, 0) is 19.2 Å². The topological polar surface area (TPSA) is 145 Å². The molecule has 2 amide bonds. The van der Waals surface area contributed by atoms with E-state index in [0.29, 0.717) is 25.8 Å². The lowest BCUT2D eigenvalue weighted by atomic mass is 10.1. The van der Waals surface area contributed by atoms with Gasteiger partial charge >= 0.3 is 11.9 Å². The summed E-state index contributed by atoms with van der Waals surface area (Å²) in [4.78, 5) is 44.7. The third kappa shape index (κ3) is 9.78. The maximum absolute atomic E-state index is 11.7. The number of carbonyl (C=O) groups excluding carboxylic acids is 2. The van der Waals surface area contributed by atoms with Crippen LogP contribution >= 0.6 is 0 Å². The van der Waals surface area contributed by atoms with Gasteiger partial charge in [-0.2, -0.15) is 0 Å². The second kappa shape index (κ2) is 12.3. The molecule has 0 aliphatic heterocycles. The zero-order valence-electron chi connectivity index (χ0n) is 14.1. The van der Waals surface area contributed by atoms with Crippen molar-refractivity contribution < 1.29 is 29.4 Å². The molecule has 0 radical (unpaired) electrons. The molecule has 24 heavy (non-hydrogen) atoms. The molecule has 0 aliphatic carbocycles. The summed E-state index contributed by atoms with van der Waals surface area (Å²) >= 11 is 0. The highest BCUT2D eigenvalue weighted by atomic mass is 16.4. The van der Waals surface area contributed by atoms with Gasteiger partial charge in [0.2, 0.25) is 11.8 Å². The van der Waals surface area contributed by atoms with Crippen LogP contribution < -0.4 is 16.0 Å². The van der Waals surface area contributed by atoms with Gasteiger partial charge < -0.3 is 26.2 Å². The molecule has 0 aromatic heterocycles. The maximum atomic E-state index is 11.7. The molecule has 9 heteroatoms. The second-order valence-electron chi connectivity index (χ2n) is 5.38. The van der Waals surface area contributed by atoms with E-state index in [1.54, 1.807) is 14.0 Å². The van der Waals surface area contributed by atoms with Crippen LogP contribution in [0.25, 0.3) is 0 Å². The molecule has 0 saturated heterocycles. The number of likely N-dealkylation sites (N-methyl/N-ethyl adjacent to an activating group) is 1. The number of unbranched alkanes of at least 4 members (excludes halogenated alkanes) is 1. The van der Waals surface area contributed by atoms with Crippen molar-refractivity contribution in [3.05, 3.63) is 0 Å². The number of amides is 2. The standard InChI is InChI=1S/C15H27N3O6/c1-3-12(19)18-11(15(23)24)7-8-13(20)17-9-5-4-6-10(16-2)14(21)22/h10-11,16H,3-9H2,1-2H3,(H,17,20)(H,18,19)(H,21,22)(H,23,24)/t10-,11-/m0/s1. The van der Waals surface area contributed by atoms with Gasteiger partial charge in [-0.1, -0.05) is 6.92 Å². The van der Waals surface area contributed by atoms with E-state index in [9.17, 15) is 19.2 Å². The van der Waals surface area contributed by atoms with Crippen molar-refractivity contribution in [1.82, 2.24) is 16.0 Å². The fourth-order valence-corrected chi connectivity index (χ4v) is 2.01. The van der Waals surface area contributed by atoms with Gasteiger partial charge in [0.05, 0.1) is 0 Å². The van der Waals surface area contributed by atoms with E-state index in [0.717, 1.165) is 0 Å². The first-order valence-electron chi connectivity index (χ1n) is 8.00. The molecule has 0 rings (SSSR count). The second-order valence-corrected chi connectivity index (χ2v) is 5.38. The van der Waals surface area contributed by atoms with E-state index >= 15 is 0 Å². The Hall–Kier alpha value is -2.16. The van der Waals surface area contributed by atoms with Gasteiger partial charge in [-0.15, -0.1) is 0 Å². The van der Waals surface area contributed by atoms with Crippen molar-refractivity contribution in [2.24, 2.45) is 0 Å². The van der Waals surface area contributed by atoms with Crippen molar-refractivity contribution in [3.63, 3.8) is 0 Å². The van der Waals surface area contributed by atoms with Crippen LogP contribution in [0, 0.1) is 0 Å². The lowest BCUT2D eigenvalue weighted by molar-refractivity contribution is -0.142. The van der Waals surface area contributed by atoms with E-state index in [4.69, 9.17) is 10.2 Å². The molecule has 0 aromatic carbocycles. The van der Waals surface area contributed by atoms with Gasteiger partial charge in [-0.05, 0) is 32.7 Å². The smallest absolute Gasteiger partial charge is 0.326 e. The molecule has 138 valence electrons. The largest absolute Gasteiger partial charge is 0.480 e. The van der Waals surface area contributed by atoms with Crippen LogP contribution in [0.5, 0.6) is 0 Å². The minimum atomic E-state index is -1.17. The third-order valence-corrected chi connectivity index (χ3v) is 3.50. The predicted octanol–water partition coefficient (Wildman–Crippen LogP) is -0.295. The van der Waals surface area contributed by atoms with Crippen LogP contribution in [0.15, 0.2) is 0 Å². The minimum Gasteiger partial charge on any atom is -0.480 e. The molecule has 0 aromatic rings. The summed E-state index contributed by atoms with van der Waals surface area (Å²) < 4.78 is 0. The normalized spacial score (nSPS) is 12.9. The zero-order valence-corrected chi connectivity index (χ0v) is 14.1. The third-order valence-electron chi connectivity index (χ3n) is 3.50. The average Bonchev–Trinajstić information content (AvgIpc) is 2.53. The molecule has 5 N–H and O–H groups in total. The SMILES string of the molecule is CCC(=O)N[C@@H](CCC(=O)NCCCC[C@H](NC)C(=O)O)C(=O)O. The van der Waals surface area contributed by atoms with Crippen molar-refractivity contribution in [2.75, 3.05) is 13.6 Å². The van der Waals surface area contributed by atoms with Crippen LogP contribution in [0.1, 0.15) is 45.4 Å². The number of carbonyl (C=O) groups is 4. The number of hydrogen-bond donors (Lipinski definition) is 5. The molecule has 0 saturated carbocycles. The monoisotopic (exact) mass is 345 g/mol. The number of nitrogens with one attached hydrogen (secondary N) is 3. The van der Waals surface area contributed by atoms with Crippen LogP contribution in [0.3, 0.4) is 0 Å². The van der Waals surface area contributed by atoms with E-state index in [-0.39, 0.29) is 31.1 Å².